The highest BCUT2D eigenvalue weighted by Gasteiger charge is 2.30. The number of carbonyl (C=O) groups excluding carboxylic acids is 1. The summed E-state index contributed by atoms with van der Waals surface area (Å²) < 4.78 is 36.7. The number of morpholine rings is 1. The van der Waals surface area contributed by atoms with Crippen molar-refractivity contribution in [2.75, 3.05) is 26.3 Å². The molecule has 140 valence electrons. The molecule has 1 aliphatic heterocycles. The van der Waals surface area contributed by atoms with E-state index in [9.17, 15) is 13.2 Å². The van der Waals surface area contributed by atoms with Crippen molar-refractivity contribution in [3.63, 3.8) is 0 Å². The van der Waals surface area contributed by atoms with E-state index in [-0.39, 0.29) is 23.9 Å². The third-order valence-corrected chi connectivity index (χ3v) is 5.82. The molecule has 0 bridgehead atoms. The minimum atomic E-state index is -3.76. The van der Waals surface area contributed by atoms with Gasteiger partial charge in [0, 0.05) is 26.2 Å². The van der Waals surface area contributed by atoms with Crippen LogP contribution in [0.2, 0.25) is 0 Å². The molecule has 0 spiro atoms. The second-order valence-corrected chi connectivity index (χ2v) is 7.71. The third kappa shape index (κ3) is 4.13. The van der Waals surface area contributed by atoms with Crippen LogP contribution in [-0.2, 0) is 27.8 Å². The first-order chi connectivity index (χ1) is 12.5. The average Bonchev–Trinajstić information content (AvgIpc) is 3.18. The van der Waals surface area contributed by atoms with Crippen LogP contribution in [0.1, 0.15) is 21.7 Å². The molecule has 0 radical (unpaired) electrons. The fraction of sp³-hybridized carbons (Fsp3) is 0.353. The van der Waals surface area contributed by atoms with E-state index in [2.05, 4.69) is 5.32 Å². The van der Waals surface area contributed by atoms with Gasteiger partial charge < -0.3 is 20.2 Å². The summed E-state index contributed by atoms with van der Waals surface area (Å²) in [5, 5.41) is 2.47. The molecule has 2 aromatic rings. The van der Waals surface area contributed by atoms with Gasteiger partial charge in [0.05, 0.1) is 13.2 Å². The number of rotatable bonds is 6. The van der Waals surface area contributed by atoms with Crippen LogP contribution in [0.3, 0.4) is 0 Å². The number of sulfonamides is 1. The van der Waals surface area contributed by atoms with Gasteiger partial charge in [-0.3, -0.25) is 4.79 Å². The third-order valence-electron chi connectivity index (χ3n) is 4.05. The quantitative estimate of drug-likeness (QED) is 0.763. The van der Waals surface area contributed by atoms with Crippen molar-refractivity contribution in [3.05, 3.63) is 53.3 Å². The summed E-state index contributed by atoms with van der Waals surface area (Å²) in [6, 6.07) is 10.2. The molecule has 1 aromatic heterocycles. The Morgan fingerprint density at radius 1 is 1.15 bits per heavy atom. The number of ether oxygens (including phenoxy) is 1. The van der Waals surface area contributed by atoms with E-state index in [1.807, 2.05) is 24.3 Å². The summed E-state index contributed by atoms with van der Waals surface area (Å²) in [4.78, 5) is 12.2. The smallest absolute Gasteiger partial charge is 0.287 e. The van der Waals surface area contributed by atoms with Crippen molar-refractivity contribution in [1.82, 2.24) is 9.62 Å². The van der Waals surface area contributed by atoms with Crippen LogP contribution in [-0.4, -0.2) is 44.9 Å². The summed E-state index contributed by atoms with van der Waals surface area (Å²) in [5.74, 6) is -0.529. The minimum Gasteiger partial charge on any atom is -0.438 e. The van der Waals surface area contributed by atoms with Gasteiger partial charge in [0.2, 0.25) is 5.09 Å². The van der Waals surface area contributed by atoms with Gasteiger partial charge in [0.15, 0.2) is 5.76 Å². The number of benzene rings is 1. The molecule has 9 heteroatoms. The van der Waals surface area contributed by atoms with Gasteiger partial charge in [-0.2, -0.15) is 4.31 Å². The summed E-state index contributed by atoms with van der Waals surface area (Å²) in [6.07, 6.45) is 0. The Morgan fingerprint density at radius 2 is 1.88 bits per heavy atom. The highest BCUT2D eigenvalue weighted by molar-refractivity contribution is 7.89. The highest BCUT2D eigenvalue weighted by atomic mass is 32.2. The van der Waals surface area contributed by atoms with Gasteiger partial charge in [-0.15, -0.1) is 0 Å². The van der Waals surface area contributed by atoms with Crippen LogP contribution in [0.15, 0.2) is 45.9 Å². The molecule has 1 aliphatic rings. The maximum absolute atomic E-state index is 12.5. The van der Waals surface area contributed by atoms with E-state index in [1.54, 1.807) is 0 Å². The van der Waals surface area contributed by atoms with Crippen molar-refractivity contribution < 1.29 is 22.4 Å². The Morgan fingerprint density at radius 3 is 2.62 bits per heavy atom. The number of amides is 1. The topological polar surface area (TPSA) is 115 Å². The fourth-order valence-corrected chi connectivity index (χ4v) is 3.95. The van der Waals surface area contributed by atoms with Crippen LogP contribution in [0.4, 0.5) is 0 Å². The minimum absolute atomic E-state index is 0.0492. The maximum Gasteiger partial charge on any atom is 0.287 e. The number of hydrogen-bond donors (Lipinski definition) is 2. The number of carbonyl (C=O) groups is 1. The Labute approximate surface area is 152 Å². The largest absolute Gasteiger partial charge is 0.438 e. The molecular formula is C17H21N3O5S. The lowest BCUT2D eigenvalue weighted by Crippen LogP contribution is -2.40. The predicted molar refractivity (Wildman–Crippen MR) is 93.8 cm³/mol. The molecule has 1 fully saturated rings. The monoisotopic (exact) mass is 379 g/mol. The van der Waals surface area contributed by atoms with Gasteiger partial charge >= 0.3 is 0 Å². The number of nitrogens with one attached hydrogen (secondary N) is 1. The van der Waals surface area contributed by atoms with Crippen molar-refractivity contribution in [1.29, 1.82) is 0 Å². The zero-order chi connectivity index (χ0) is 18.6. The SMILES string of the molecule is NCc1cccc(CNC(=O)c2ccc(S(=O)(=O)N3CCOCC3)o2)c1. The zero-order valence-electron chi connectivity index (χ0n) is 14.2. The molecular weight excluding hydrogens is 358 g/mol. The summed E-state index contributed by atoms with van der Waals surface area (Å²) >= 11 is 0. The van der Waals surface area contributed by atoms with Gasteiger partial charge in [-0.1, -0.05) is 24.3 Å². The normalized spacial score (nSPS) is 15.7. The van der Waals surface area contributed by atoms with E-state index >= 15 is 0 Å². The van der Waals surface area contributed by atoms with E-state index in [4.69, 9.17) is 14.9 Å². The lowest BCUT2D eigenvalue weighted by atomic mass is 10.1. The van der Waals surface area contributed by atoms with E-state index < -0.39 is 15.9 Å². The molecule has 0 saturated carbocycles. The predicted octanol–water partition coefficient (Wildman–Crippen LogP) is 0.689. The van der Waals surface area contributed by atoms with Crippen LogP contribution in [0, 0.1) is 0 Å². The molecule has 0 aliphatic carbocycles. The Balaban J connectivity index is 1.65. The molecule has 1 aromatic carbocycles. The van der Waals surface area contributed by atoms with Crippen molar-refractivity contribution in [2.45, 2.75) is 18.2 Å². The second-order valence-electron chi connectivity index (χ2n) is 5.84. The zero-order valence-corrected chi connectivity index (χ0v) is 15.0. The molecule has 26 heavy (non-hydrogen) atoms. The molecule has 1 saturated heterocycles. The highest BCUT2D eigenvalue weighted by Crippen LogP contribution is 2.20. The van der Waals surface area contributed by atoms with Gasteiger partial charge in [-0.05, 0) is 23.3 Å². The molecule has 3 N–H and O–H groups in total. The first kappa shape index (κ1) is 18.6. The van der Waals surface area contributed by atoms with Crippen LogP contribution < -0.4 is 11.1 Å². The van der Waals surface area contributed by atoms with Crippen molar-refractivity contribution in [2.24, 2.45) is 5.73 Å². The molecule has 0 atom stereocenters. The number of nitrogens with two attached hydrogens (primary N) is 1. The molecule has 2 heterocycles. The van der Waals surface area contributed by atoms with Gasteiger partial charge in [0.25, 0.3) is 15.9 Å². The maximum atomic E-state index is 12.5. The fourth-order valence-electron chi connectivity index (χ4n) is 2.63. The first-order valence-corrected chi connectivity index (χ1v) is 9.68. The Kier molecular flexibility index (Phi) is 5.72. The molecule has 1 amide bonds. The molecule has 0 unspecified atom stereocenters. The summed E-state index contributed by atoms with van der Waals surface area (Å²) in [7, 11) is -3.76. The van der Waals surface area contributed by atoms with Crippen molar-refractivity contribution >= 4 is 15.9 Å². The number of nitrogens with zero attached hydrogens (tertiary/aromatic N) is 1. The van der Waals surface area contributed by atoms with E-state index in [0.717, 1.165) is 11.1 Å². The van der Waals surface area contributed by atoms with E-state index in [0.29, 0.717) is 26.3 Å². The van der Waals surface area contributed by atoms with Crippen LogP contribution in [0.5, 0.6) is 0 Å². The van der Waals surface area contributed by atoms with Crippen molar-refractivity contribution in [3.8, 4) is 0 Å². The Bertz CT molecular complexity index is 872. The number of furan rings is 1. The standard InChI is InChI=1S/C17H21N3O5S/c18-11-13-2-1-3-14(10-13)12-19-17(21)15-4-5-16(25-15)26(22,23)20-6-8-24-9-7-20/h1-5,10H,6-9,11-12,18H2,(H,19,21). The van der Waals surface area contributed by atoms with Gasteiger partial charge in [0.1, 0.15) is 0 Å². The van der Waals surface area contributed by atoms with Crippen LogP contribution in [0.25, 0.3) is 0 Å². The summed E-state index contributed by atoms with van der Waals surface area (Å²) in [6.45, 7) is 1.93. The average molecular weight is 379 g/mol. The lowest BCUT2D eigenvalue weighted by Gasteiger charge is -2.24. The van der Waals surface area contributed by atoms with Gasteiger partial charge in [-0.25, -0.2) is 8.42 Å². The number of hydrogen-bond acceptors (Lipinski definition) is 6. The molecule has 3 rings (SSSR count). The Hall–Kier alpha value is -2.20. The van der Waals surface area contributed by atoms with Crippen LogP contribution >= 0.6 is 0 Å². The lowest BCUT2D eigenvalue weighted by molar-refractivity contribution is 0.0722. The molecule has 8 nitrogen and oxygen atoms in total. The second kappa shape index (κ2) is 8.00. The first-order valence-electron chi connectivity index (χ1n) is 8.24. The summed E-state index contributed by atoms with van der Waals surface area (Å²) in [5.41, 5.74) is 7.46. The van der Waals surface area contributed by atoms with E-state index in [1.165, 1.54) is 16.4 Å².